The molecule has 0 radical (unpaired) electrons. The van der Waals surface area contributed by atoms with E-state index >= 15 is 0 Å². The van der Waals surface area contributed by atoms with Gasteiger partial charge in [0.05, 0.1) is 21.3 Å². The van der Waals surface area contributed by atoms with Crippen molar-refractivity contribution in [1.29, 1.82) is 0 Å². The molecule has 0 aromatic heterocycles. The minimum absolute atomic E-state index is 0.0496. The average molecular weight is 326 g/mol. The quantitative estimate of drug-likeness (QED) is 0.566. The van der Waals surface area contributed by atoms with Gasteiger partial charge >= 0.3 is 0 Å². The van der Waals surface area contributed by atoms with Crippen molar-refractivity contribution >= 4 is 11.9 Å². The van der Waals surface area contributed by atoms with Crippen LogP contribution in [-0.4, -0.2) is 27.1 Å². The Morgan fingerprint density at radius 2 is 1.54 bits per heavy atom. The van der Waals surface area contributed by atoms with Crippen LogP contribution in [0.5, 0.6) is 17.2 Å². The standard InChI is InChI=1S/C20H22O4/c1-5-14-6-9-16(10-7-14)17(21)11-8-15-12-18(22-2)20(24-4)19(13-15)23-3/h6-13H,5H2,1-4H3. The zero-order chi connectivity index (χ0) is 17.5. The molecule has 24 heavy (non-hydrogen) atoms. The molecule has 4 nitrogen and oxygen atoms in total. The van der Waals surface area contributed by atoms with Gasteiger partial charge in [0.1, 0.15) is 0 Å². The van der Waals surface area contributed by atoms with Crippen molar-refractivity contribution in [3.05, 3.63) is 59.2 Å². The zero-order valence-corrected chi connectivity index (χ0v) is 14.5. The summed E-state index contributed by atoms with van der Waals surface area (Å²) in [6, 6.07) is 11.2. The molecule has 0 N–H and O–H groups in total. The van der Waals surface area contributed by atoms with Gasteiger partial charge in [0.2, 0.25) is 5.75 Å². The topological polar surface area (TPSA) is 44.8 Å². The van der Waals surface area contributed by atoms with E-state index in [-0.39, 0.29) is 5.78 Å². The third-order valence-corrected chi connectivity index (χ3v) is 3.76. The monoisotopic (exact) mass is 326 g/mol. The summed E-state index contributed by atoms with van der Waals surface area (Å²) in [7, 11) is 4.68. The molecule has 2 aromatic rings. The fraction of sp³-hybridized carbons (Fsp3) is 0.250. The van der Waals surface area contributed by atoms with Crippen LogP contribution in [0.25, 0.3) is 6.08 Å². The molecule has 0 aliphatic rings. The largest absolute Gasteiger partial charge is 0.493 e. The van der Waals surface area contributed by atoms with Crippen LogP contribution in [0.3, 0.4) is 0 Å². The first-order valence-corrected chi connectivity index (χ1v) is 7.74. The van der Waals surface area contributed by atoms with E-state index in [1.165, 1.54) is 5.56 Å². The smallest absolute Gasteiger partial charge is 0.203 e. The van der Waals surface area contributed by atoms with Crippen molar-refractivity contribution in [1.82, 2.24) is 0 Å². The Bertz CT molecular complexity index is 705. The summed E-state index contributed by atoms with van der Waals surface area (Å²) < 4.78 is 15.9. The molecular formula is C20H22O4. The Labute approximate surface area is 142 Å². The second-order valence-electron chi connectivity index (χ2n) is 5.21. The second-order valence-corrected chi connectivity index (χ2v) is 5.21. The molecule has 0 saturated carbocycles. The third kappa shape index (κ3) is 3.96. The minimum Gasteiger partial charge on any atom is -0.493 e. The van der Waals surface area contributed by atoms with E-state index in [1.54, 1.807) is 45.6 Å². The predicted molar refractivity (Wildman–Crippen MR) is 95.3 cm³/mol. The van der Waals surface area contributed by atoms with Gasteiger partial charge in [-0.15, -0.1) is 0 Å². The van der Waals surface area contributed by atoms with Crippen molar-refractivity contribution in [2.24, 2.45) is 0 Å². The van der Waals surface area contributed by atoms with E-state index in [1.807, 2.05) is 24.3 Å². The number of allylic oxidation sites excluding steroid dienone is 1. The molecule has 0 atom stereocenters. The maximum Gasteiger partial charge on any atom is 0.203 e. The number of benzene rings is 2. The highest BCUT2D eigenvalue weighted by molar-refractivity contribution is 6.06. The molecule has 0 aliphatic heterocycles. The van der Waals surface area contributed by atoms with E-state index in [4.69, 9.17) is 14.2 Å². The lowest BCUT2D eigenvalue weighted by Crippen LogP contribution is -1.96. The Morgan fingerprint density at radius 1 is 0.958 bits per heavy atom. The molecular weight excluding hydrogens is 304 g/mol. The van der Waals surface area contributed by atoms with Gasteiger partial charge < -0.3 is 14.2 Å². The van der Waals surface area contributed by atoms with Gasteiger partial charge in [0, 0.05) is 5.56 Å². The molecule has 0 bridgehead atoms. The average Bonchev–Trinajstić information content (AvgIpc) is 2.65. The summed E-state index contributed by atoms with van der Waals surface area (Å²) in [5, 5.41) is 0. The van der Waals surface area contributed by atoms with Gasteiger partial charge in [-0.1, -0.05) is 37.3 Å². The van der Waals surface area contributed by atoms with Crippen LogP contribution in [0.2, 0.25) is 0 Å². The Morgan fingerprint density at radius 3 is 2.00 bits per heavy atom. The van der Waals surface area contributed by atoms with Crippen LogP contribution in [0.4, 0.5) is 0 Å². The molecule has 0 amide bonds. The molecule has 0 spiro atoms. The number of ether oxygens (including phenoxy) is 3. The molecule has 0 saturated heterocycles. The van der Waals surface area contributed by atoms with E-state index in [2.05, 4.69) is 6.92 Å². The molecule has 0 heterocycles. The molecule has 2 aromatic carbocycles. The van der Waals surface area contributed by atoms with Crippen molar-refractivity contribution in [3.63, 3.8) is 0 Å². The highest BCUT2D eigenvalue weighted by Crippen LogP contribution is 2.38. The van der Waals surface area contributed by atoms with Crippen LogP contribution in [0, 0.1) is 0 Å². The Hall–Kier alpha value is -2.75. The number of ketones is 1. The third-order valence-electron chi connectivity index (χ3n) is 3.76. The molecule has 0 unspecified atom stereocenters. The highest BCUT2D eigenvalue weighted by atomic mass is 16.5. The highest BCUT2D eigenvalue weighted by Gasteiger charge is 2.12. The number of carbonyl (C=O) groups excluding carboxylic acids is 1. The molecule has 0 fully saturated rings. The Kier molecular flexibility index (Phi) is 6.01. The van der Waals surface area contributed by atoms with Gasteiger partial charge in [-0.2, -0.15) is 0 Å². The maximum atomic E-state index is 12.3. The molecule has 4 heteroatoms. The predicted octanol–water partition coefficient (Wildman–Crippen LogP) is 4.17. The molecule has 2 rings (SSSR count). The van der Waals surface area contributed by atoms with Gasteiger partial charge in [0.15, 0.2) is 17.3 Å². The summed E-state index contributed by atoms with van der Waals surface area (Å²) in [5.41, 5.74) is 2.67. The first kappa shape index (κ1) is 17.6. The summed E-state index contributed by atoms with van der Waals surface area (Å²) in [5.74, 6) is 1.58. The fourth-order valence-corrected chi connectivity index (χ4v) is 2.37. The Balaban J connectivity index is 2.25. The van der Waals surface area contributed by atoms with Crippen molar-refractivity contribution in [2.45, 2.75) is 13.3 Å². The SMILES string of the molecule is CCc1ccc(C(=O)C=Cc2cc(OC)c(OC)c(OC)c2)cc1. The maximum absolute atomic E-state index is 12.3. The van der Waals surface area contributed by atoms with Crippen LogP contribution in [0.1, 0.15) is 28.4 Å². The number of methoxy groups -OCH3 is 3. The first-order valence-electron chi connectivity index (χ1n) is 7.74. The van der Waals surface area contributed by atoms with Gasteiger partial charge in [-0.05, 0) is 35.8 Å². The summed E-state index contributed by atoms with van der Waals surface area (Å²) in [6.45, 7) is 2.08. The summed E-state index contributed by atoms with van der Waals surface area (Å²) in [6.07, 6.45) is 4.23. The van der Waals surface area contributed by atoms with Gasteiger partial charge in [0.25, 0.3) is 0 Å². The number of hydrogen-bond donors (Lipinski definition) is 0. The van der Waals surface area contributed by atoms with Gasteiger partial charge in [-0.25, -0.2) is 0 Å². The van der Waals surface area contributed by atoms with Crippen LogP contribution in [-0.2, 0) is 6.42 Å². The zero-order valence-electron chi connectivity index (χ0n) is 14.5. The lowest BCUT2D eigenvalue weighted by Gasteiger charge is -2.12. The van der Waals surface area contributed by atoms with E-state index in [0.717, 1.165) is 12.0 Å². The fourth-order valence-electron chi connectivity index (χ4n) is 2.37. The summed E-state index contributed by atoms with van der Waals surface area (Å²) in [4.78, 5) is 12.3. The van der Waals surface area contributed by atoms with Crippen LogP contribution < -0.4 is 14.2 Å². The number of carbonyl (C=O) groups is 1. The summed E-state index contributed by atoms with van der Waals surface area (Å²) >= 11 is 0. The van der Waals surface area contributed by atoms with E-state index in [9.17, 15) is 4.79 Å². The van der Waals surface area contributed by atoms with Gasteiger partial charge in [-0.3, -0.25) is 4.79 Å². The lowest BCUT2D eigenvalue weighted by molar-refractivity contribution is 0.104. The van der Waals surface area contributed by atoms with Crippen LogP contribution in [0.15, 0.2) is 42.5 Å². The second kappa shape index (κ2) is 8.20. The number of rotatable bonds is 7. The number of aryl methyl sites for hydroxylation is 1. The minimum atomic E-state index is -0.0496. The molecule has 0 aliphatic carbocycles. The van der Waals surface area contributed by atoms with Crippen LogP contribution >= 0.6 is 0 Å². The normalized spacial score (nSPS) is 10.7. The first-order chi connectivity index (χ1) is 11.6. The number of hydrogen-bond acceptors (Lipinski definition) is 4. The van der Waals surface area contributed by atoms with E-state index < -0.39 is 0 Å². The van der Waals surface area contributed by atoms with Crippen molar-refractivity contribution in [2.75, 3.05) is 21.3 Å². The van der Waals surface area contributed by atoms with Crippen molar-refractivity contribution in [3.8, 4) is 17.2 Å². The van der Waals surface area contributed by atoms with Crippen molar-refractivity contribution < 1.29 is 19.0 Å². The lowest BCUT2D eigenvalue weighted by atomic mass is 10.1. The molecule has 126 valence electrons. The van der Waals surface area contributed by atoms with E-state index in [0.29, 0.717) is 22.8 Å².